The Morgan fingerprint density at radius 2 is 2.26 bits per heavy atom. The van der Waals surface area contributed by atoms with Crippen molar-refractivity contribution in [2.24, 2.45) is 5.16 Å². The van der Waals surface area contributed by atoms with Crippen molar-refractivity contribution in [3.05, 3.63) is 34.9 Å². The highest BCUT2D eigenvalue weighted by Crippen LogP contribution is 2.12. The number of hydrogen-bond donors (Lipinski definition) is 1. The van der Waals surface area contributed by atoms with Gasteiger partial charge in [0, 0.05) is 11.4 Å². The summed E-state index contributed by atoms with van der Waals surface area (Å²) in [6.45, 7) is 2.30. The monoisotopic (exact) mass is 283 g/mol. The number of aryl methyl sites for hydroxylation is 1. The van der Waals surface area contributed by atoms with Crippen LogP contribution in [0.1, 0.15) is 31.7 Å². The maximum atomic E-state index is 10.8. The first-order valence-electron chi connectivity index (χ1n) is 6.30. The standard InChI is InChI=1S/C14H18ClNO3/c1-2-5-13(14(17)18)16-19-9-4-7-11-6-3-8-12(15)10-11/h3,6,8,10H,2,4-5,7,9H2,1H3,(H,17,18)/b16-13+. The van der Waals surface area contributed by atoms with Gasteiger partial charge in [0.15, 0.2) is 5.71 Å². The molecule has 1 aromatic rings. The Kier molecular flexibility index (Phi) is 6.97. The van der Waals surface area contributed by atoms with Crippen LogP contribution in [0, 0.1) is 0 Å². The lowest BCUT2D eigenvalue weighted by Crippen LogP contribution is -2.13. The Labute approximate surface area is 118 Å². The highest BCUT2D eigenvalue weighted by molar-refractivity contribution is 6.35. The van der Waals surface area contributed by atoms with Crippen molar-refractivity contribution in [3.8, 4) is 0 Å². The van der Waals surface area contributed by atoms with Crippen LogP contribution < -0.4 is 0 Å². The highest BCUT2D eigenvalue weighted by Gasteiger charge is 2.08. The Morgan fingerprint density at radius 1 is 1.47 bits per heavy atom. The van der Waals surface area contributed by atoms with E-state index in [1.165, 1.54) is 0 Å². The topological polar surface area (TPSA) is 58.9 Å². The summed E-state index contributed by atoms with van der Waals surface area (Å²) < 4.78 is 0. The normalized spacial score (nSPS) is 11.4. The van der Waals surface area contributed by atoms with E-state index < -0.39 is 5.97 Å². The molecule has 0 aliphatic heterocycles. The van der Waals surface area contributed by atoms with Gasteiger partial charge in [-0.2, -0.15) is 0 Å². The summed E-state index contributed by atoms with van der Waals surface area (Å²) in [5.74, 6) is -1.02. The average molecular weight is 284 g/mol. The third kappa shape index (κ3) is 6.25. The minimum Gasteiger partial charge on any atom is -0.477 e. The smallest absolute Gasteiger partial charge is 0.353 e. The predicted octanol–water partition coefficient (Wildman–Crippen LogP) is 3.53. The summed E-state index contributed by atoms with van der Waals surface area (Å²) >= 11 is 5.88. The molecular formula is C14H18ClNO3. The van der Waals surface area contributed by atoms with E-state index in [0.29, 0.717) is 18.1 Å². The van der Waals surface area contributed by atoms with Crippen molar-refractivity contribution in [2.75, 3.05) is 6.61 Å². The lowest BCUT2D eigenvalue weighted by atomic mass is 10.1. The van der Waals surface area contributed by atoms with E-state index >= 15 is 0 Å². The van der Waals surface area contributed by atoms with Gasteiger partial charge in [0.1, 0.15) is 6.61 Å². The van der Waals surface area contributed by atoms with Crippen LogP contribution in [-0.4, -0.2) is 23.4 Å². The van der Waals surface area contributed by atoms with Gasteiger partial charge in [-0.05, 0) is 30.5 Å². The van der Waals surface area contributed by atoms with E-state index in [1.807, 2.05) is 31.2 Å². The fourth-order valence-electron chi connectivity index (χ4n) is 1.59. The third-order valence-corrected chi connectivity index (χ3v) is 2.73. The Morgan fingerprint density at radius 3 is 2.89 bits per heavy atom. The highest BCUT2D eigenvalue weighted by atomic mass is 35.5. The van der Waals surface area contributed by atoms with Crippen LogP contribution in [0.5, 0.6) is 0 Å². The van der Waals surface area contributed by atoms with E-state index in [4.69, 9.17) is 21.5 Å². The van der Waals surface area contributed by atoms with E-state index in [-0.39, 0.29) is 5.71 Å². The molecule has 0 saturated carbocycles. The van der Waals surface area contributed by atoms with Gasteiger partial charge in [-0.1, -0.05) is 42.2 Å². The fourth-order valence-corrected chi connectivity index (χ4v) is 1.80. The molecule has 0 heterocycles. The maximum Gasteiger partial charge on any atom is 0.353 e. The summed E-state index contributed by atoms with van der Waals surface area (Å²) in [4.78, 5) is 15.8. The molecule has 0 atom stereocenters. The zero-order chi connectivity index (χ0) is 14.1. The van der Waals surface area contributed by atoms with Crippen molar-refractivity contribution in [1.29, 1.82) is 0 Å². The van der Waals surface area contributed by atoms with Gasteiger partial charge >= 0.3 is 5.97 Å². The number of rotatable bonds is 8. The summed E-state index contributed by atoms with van der Waals surface area (Å²) in [6, 6.07) is 7.63. The van der Waals surface area contributed by atoms with Gasteiger partial charge in [0.05, 0.1) is 0 Å². The number of aliphatic carboxylic acids is 1. The Hall–Kier alpha value is -1.55. The van der Waals surface area contributed by atoms with Crippen LogP contribution >= 0.6 is 11.6 Å². The van der Waals surface area contributed by atoms with Crippen LogP contribution in [0.15, 0.2) is 29.4 Å². The number of oxime groups is 1. The molecular weight excluding hydrogens is 266 g/mol. The van der Waals surface area contributed by atoms with Crippen molar-refractivity contribution >= 4 is 23.3 Å². The SMILES string of the molecule is CCC/C(=N\OCCCc1cccc(Cl)c1)C(=O)O. The number of hydrogen-bond acceptors (Lipinski definition) is 3. The molecule has 0 saturated heterocycles. The number of benzene rings is 1. The molecule has 5 heteroatoms. The van der Waals surface area contributed by atoms with Crippen molar-refractivity contribution in [1.82, 2.24) is 0 Å². The molecule has 0 unspecified atom stereocenters. The molecule has 0 radical (unpaired) electrons. The summed E-state index contributed by atoms with van der Waals surface area (Å²) in [5, 5.41) is 13.2. The fraction of sp³-hybridized carbons (Fsp3) is 0.429. The van der Waals surface area contributed by atoms with E-state index in [9.17, 15) is 4.79 Å². The largest absolute Gasteiger partial charge is 0.477 e. The number of nitrogens with zero attached hydrogens (tertiary/aromatic N) is 1. The number of carbonyl (C=O) groups is 1. The van der Waals surface area contributed by atoms with Crippen LogP contribution in [0.25, 0.3) is 0 Å². The minimum absolute atomic E-state index is 0.0743. The second-order valence-electron chi connectivity index (χ2n) is 4.16. The van der Waals surface area contributed by atoms with Crippen LogP contribution in [0.3, 0.4) is 0 Å². The molecule has 0 aliphatic carbocycles. The first-order valence-corrected chi connectivity index (χ1v) is 6.68. The molecule has 0 amide bonds. The molecule has 0 aliphatic rings. The Balaban J connectivity index is 2.30. The van der Waals surface area contributed by atoms with Gasteiger partial charge in [-0.3, -0.25) is 0 Å². The van der Waals surface area contributed by atoms with Crippen molar-refractivity contribution in [2.45, 2.75) is 32.6 Å². The molecule has 104 valence electrons. The predicted molar refractivity (Wildman–Crippen MR) is 75.7 cm³/mol. The third-order valence-electron chi connectivity index (χ3n) is 2.50. The maximum absolute atomic E-state index is 10.8. The molecule has 0 fully saturated rings. The van der Waals surface area contributed by atoms with Gasteiger partial charge in [0.2, 0.25) is 0 Å². The quantitative estimate of drug-likeness (QED) is 0.451. The number of halogens is 1. The van der Waals surface area contributed by atoms with E-state index in [1.54, 1.807) is 0 Å². The van der Waals surface area contributed by atoms with Crippen molar-refractivity contribution in [3.63, 3.8) is 0 Å². The molecule has 19 heavy (non-hydrogen) atoms. The second kappa shape index (κ2) is 8.53. The Bertz CT molecular complexity index is 446. The zero-order valence-electron chi connectivity index (χ0n) is 10.9. The van der Waals surface area contributed by atoms with Gasteiger partial charge < -0.3 is 9.94 Å². The lowest BCUT2D eigenvalue weighted by Gasteiger charge is -2.03. The molecule has 1 rings (SSSR count). The minimum atomic E-state index is -1.02. The second-order valence-corrected chi connectivity index (χ2v) is 4.60. The zero-order valence-corrected chi connectivity index (χ0v) is 11.7. The van der Waals surface area contributed by atoms with Crippen LogP contribution in [0.4, 0.5) is 0 Å². The van der Waals surface area contributed by atoms with Crippen molar-refractivity contribution < 1.29 is 14.7 Å². The summed E-state index contributed by atoms with van der Waals surface area (Å²) in [5.41, 5.74) is 1.21. The summed E-state index contributed by atoms with van der Waals surface area (Å²) in [6.07, 6.45) is 2.75. The molecule has 0 spiro atoms. The van der Waals surface area contributed by atoms with Gasteiger partial charge in [-0.25, -0.2) is 4.79 Å². The average Bonchev–Trinajstić information content (AvgIpc) is 2.37. The molecule has 0 bridgehead atoms. The number of carboxylic acid groups (broad SMARTS) is 1. The molecule has 1 aromatic carbocycles. The van der Waals surface area contributed by atoms with Gasteiger partial charge in [0.25, 0.3) is 0 Å². The molecule has 1 N–H and O–H groups in total. The first-order chi connectivity index (χ1) is 9.13. The molecule has 4 nitrogen and oxygen atoms in total. The van der Waals surface area contributed by atoms with E-state index in [2.05, 4.69) is 5.16 Å². The molecule has 0 aromatic heterocycles. The number of carboxylic acids is 1. The lowest BCUT2D eigenvalue weighted by molar-refractivity contribution is -0.129. The summed E-state index contributed by atoms with van der Waals surface area (Å²) in [7, 11) is 0. The van der Waals surface area contributed by atoms with E-state index in [0.717, 1.165) is 24.8 Å². The van der Waals surface area contributed by atoms with Gasteiger partial charge in [-0.15, -0.1) is 0 Å². The van der Waals surface area contributed by atoms with Crippen LogP contribution in [-0.2, 0) is 16.1 Å². The first kappa shape index (κ1) is 15.5. The van der Waals surface area contributed by atoms with Crippen LogP contribution in [0.2, 0.25) is 5.02 Å².